The number of halogens is 1. The Morgan fingerprint density at radius 2 is 2.10 bits per heavy atom. The molecule has 0 saturated heterocycles. The Bertz CT molecular complexity index is 595. The van der Waals surface area contributed by atoms with E-state index in [1.165, 1.54) is 11.1 Å². The van der Waals surface area contributed by atoms with Crippen LogP contribution in [0.4, 0.5) is 0 Å². The SMILES string of the molecule is COCCNCc1cnn(Cc2ccc(C)cc2Cl)c1C. The molecule has 0 unspecified atom stereocenters. The fraction of sp³-hybridized carbons (Fsp3) is 0.438. The minimum absolute atomic E-state index is 0.697. The Morgan fingerprint density at radius 3 is 2.81 bits per heavy atom. The van der Waals surface area contributed by atoms with Gasteiger partial charge < -0.3 is 10.1 Å². The lowest BCUT2D eigenvalue weighted by atomic mass is 10.1. The van der Waals surface area contributed by atoms with Crippen LogP contribution in [0.3, 0.4) is 0 Å². The number of benzene rings is 1. The average molecular weight is 308 g/mol. The number of ether oxygens (including phenoxy) is 1. The van der Waals surface area contributed by atoms with Gasteiger partial charge in [0.25, 0.3) is 0 Å². The Hall–Kier alpha value is -1.36. The van der Waals surface area contributed by atoms with Crippen LogP contribution in [-0.4, -0.2) is 30.0 Å². The standard InChI is InChI=1S/C16H22ClN3O/c1-12-4-5-14(16(17)8-12)11-20-13(2)15(10-19-20)9-18-6-7-21-3/h4-5,8,10,18H,6-7,9,11H2,1-3H3. The largest absolute Gasteiger partial charge is 0.383 e. The third-order valence-electron chi connectivity index (χ3n) is 3.53. The van der Waals surface area contributed by atoms with Gasteiger partial charge in [0.15, 0.2) is 0 Å². The highest BCUT2D eigenvalue weighted by molar-refractivity contribution is 6.31. The van der Waals surface area contributed by atoms with Gasteiger partial charge >= 0.3 is 0 Å². The molecule has 0 aliphatic carbocycles. The van der Waals surface area contributed by atoms with Crippen LogP contribution in [0.1, 0.15) is 22.4 Å². The molecule has 0 aliphatic rings. The van der Waals surface area contributed by atoms with Crippen LogP contribution >= 0.6 is 11.6 Å². The summed E-state index contributed by atoms with van der Waals surface area (Å²) in [7, 11) is 1.70. The van der Waals surface area contributed by atoms with E-state index in [0.29, 0.717) is 13.2 Å². The lowest BCUT2D eigenvalue weighted by Gasteiger charge is -2.09. The highest BCUT2D eigenvalue weighted by Gasteiger charge is 2.08. The number of rotatable bonds is 7. The van der Waals surface area contributed by atoms with E-state index in [9.17, 15) is 0 Å². The quantitative estimate of drug-likeness (QED) is 0.799. The van der Waals surface area contributed by atoms with Crippen molar-refractivity contribution in [3.8, 4) is 0 Å². The molecule has 1 aromatic heterocycles. The number of hydrogen-bond donors (Lipinski definition) is 1. The second-order valence-electron chi connectivity index (χ2n) is 5.18. The maximum Gasteiger partial charge on any atom is 0.0677 e. The number of methoxy groups -OCH3 is 1. The fourth-order valence-electron chi connectivity index (χ4n) is 2.16. The average Bonchev–Trinajstić information content (AvgIpc) is 2.79. The summed E-state index contributed by atoms with van der Waals surface area (Å²) < 4.78 is 7.01. The number of nitrogens with one attached hydrogen (secondary N) is 1. The van der Waals surface area contributed by atoms with Crippen molar-refractivity contribution >= 4 is 11.6 Å². The molecule has 0 atom stereocenters. The first kappa shape index (κ1) is 16.0. The molecule has 2 aromatic rings. The van der Waals surface area contributed by atoms with E-state index in [0.717, 1.165) is 29.4 Å². The zero-order valence-corrected chi connectivity index (χ0v) is 13.6. The normalized spacial score (nSPS) is 11.0. The van der Waals surface area contributed by atoms with Gasteiger partial charge in [0.05, 0.1) is 19.3 Å². The molecule has 0 spiro atoms. The molecule has 1 heterocycles. The van der Waals surface area contributed by atoms with Crippen molar-refractivity contribution in [1.29, 1.82) is 0 Å². The van der Waals surface area contributed by atoms with E-state index in [1.54, 1.807) is 7.11 Å². The Morgan fingerprint density at radius 1 is 1.29 bits per heavy atom. The monoisotopic (exact) mass is 307 g/mol. The Labute approximate surface area is 131 Å². The van der Waals surface area contributed by atoms with Gasteiger partial charge in [0, 0.05) is 36.5 Å². The summed E-state index contributed by atoms with van der Waals surface area (Å²) in [5.41, 5.74) is 4.63. The molecule has 4 nitrogen and oxygen atoms in total. The van der Waals surface area contributed by atoms with Gasteiger partial charge in [-0.15, -0.1) is 0 Å². The molecule has 1 N–H and O–H groups in total. The highest BCUT2D eigenvalue weighted by atomic mass is 35.5. The maximum absolute atomic E-state index is 6.29. The molecular weight excluding hydrogens is 286 g/mol. The van der Waals surface area contributed by atoms with Crippen molar-refractivity contribution in [3.05, 3.63) is 51.8 Å². The minimum Gasteiger partial charge on any atom is -0.383 e. The molecule has 0 saturated carbocycles. The van der Waals surface area contributed by atoms with E-state index in [2.05, 4.69) is 29.5 Å². The predicted octanol–water partition coefficient (Wildman–Crippen LogP) is 2.94. The zero-order valence-electron chi connectivity index (χ0n) is 12.8. The number of nitrogens with zero attached hydrogens (tertiary/aromatic N) is 2. The van der Waals surface area contributed by atoms with Crippen LogP contribution in [0.25, 0.3) is 0 Å². The molecule has 0 radical (unpaired) electrons. The second-order valence-corrected chi connectivity index (χ2v) is 5.58. The first-order valence-corrected chi connectivity index (χ1v) is 7.45. The van der Waals surface area contributed by atoms with Gasteiger partial charge in [0.1, 0.15) is 0 Å². The molecule has 1 aromatic carbocycles. The molecule has 2 rings (SSSR count). The van der Waals surface area contributed by atoms with E-state index < -0.39 is 0 Å². The molecule has 21 heavy (non-hydrogen) atoms. The Balaban J connectivity index is 2.02. The van der Waals surface area contributed by atoms with Gasteiger partial charge in [-0.2, -0.15) is 5.10 Å². The lowest BCUT2D eigenvalue weighted by molar-refractivity contribution is 0.199. The molecule has 0 bridgehead atoms. The first-order valence-electron chi connectivity index (χ1n) is 7.07. The maximum atomic E-state index is 6.29. The third kappa shape index (κ3) is 4.30. The number of aryl methyl sites for hydroxylation is 1. The van der Waals surface area contributed by atoms with E-state index in [1.807, 2.05) is 23.9 Å². The van der Waals surface area contributed by atoms with Gasteiger partial charge in [-0.1, -0.05) is 23.7 Å². The van der Waals surface area contributed by atoms with Crippen molar-refractivity contribution in [1.82, 2.24) is 15.1 Å². The van der Waals surface area contributed by atoms with E-state index >= 15 is 0 Å². The van der Waals surface area contributed by atoms with Crippen LogP contribution in [0, 0.1) is 13.8 Å². The van der Waals surface area contributed by atoms with Crippen LogP contribution in [0.2, 0.25) is 5.02 Å². The number of aromatic nitrogens is 2. The van der Waals surface area contributed by atoms with E-state index in [4.69, 9.17) is 16.3 Å². The minimum atomic E-state index is 0.697. The molecule has 0 aliphatic heterocycles. The fourth-order valence-corrected chi connectivity index (χ4v) is 2.45. The first-order chi connectivity index (χ1) is 10.1. The Kier molecular flexibility index (Phi) is 5.79. The summed E-state index contributed by atoms with van der Waals surface area (Å²) in [5.74, 6) is 0. The van der Waals surface area contributed by atoms with Crippen molar-refractivity contribution in [2.45, 2.75) is 26.9 Å². The zero-order chi connectivity index (χ0) is 15.2. The predicted molar refractivity (Wildman–Crippen MR) is 85.8 cm³/mol. The molecule has 0 fully saturated rings. The highest BCUT2D eigenvalue weighted by Crippen LogP contribution is 2.19. The summed E-state index contributed by atoms with van der Waals surface area (Å²) in [6.45, 7) is 7.18. The summed E-state index contributed by atoms with van der Waals surface area (Å²) in [6.07, 6.45) is 1.91. The second kappa shape index (κ2) is 7.59. The van der Waals surface area contributed by atoms with Crippen molar-refractivity contribution < 1.29 is 4.74 Å². The summed E-state index contributed by atoms with van der Waals surface area (Å²) in [5, 5.41) is 8.59. The molecule has 0 amide bonds. The van der Waals surface area contributed by atoms with Gasteiger partial charge in [0.2, 0.25) is 0 Å². The topological polar surface area (TPSA) is 39.1 Å². The molecule has 114 valence electrons. The van der Waals surface area contributed by atoms with Crippen LogP contribution in [0.5, 0.6) is 0 Å². The molecule has 5 heteroatoms. The van der Waals surface area contributed by atoms with Gasteiger partial charge in [-0.3, -0.25) is 4.68 Å². The third-order valence-corrected chi connectivity index (χ3v) is 3.88. The van der Waals surface area contributed by atoms with Crippen molar-refractivity contribution in [2.24, 2.45) is 0 Å². The van der Waals surface area contributed by atoms with E-state index in [-0.39, 0.29) is 0 Å². The molecular formula is C16H22ClN3O. The smallest absolute Gasteiger partial charge is 0.0677 e. The van der Waals surface area contributed by atoms with Gasteiger partial charge in [-0.05, 0) is 31.0 Å². The van der Waals surface area contributed by atoms with Crippen LogP contribution in [0.15, 0.2) is 24.4 Å². The summed E-state index contributed by atoms with van der Waals surface area (Å²) in [6, 6.07) is 6.13. The van der Waals surface area contributed by atoms with Crippen molar-refractivity contribution in [3.63, 3.8) is 0 Å². The summed E-state index contributed by atoms with van der Waals surface area (Å²) in [4.78, 5) is 0. The van der Waals surface area contributed by atoms with Crippen LogP contribution in [-0.2, 0) is 17.8 Å². The van der Waals surface area contributed by atoms with Gasteiger partial charge in [-0.25, -0.2) is 0 Å². The van der Waals surface area contributed by atoms with Crippen LogP contribution < -0.4 is 5.32 Å². The lowest BCUT2D eigenvalue weighted by Crippen LogP contribution is -2.19. The van der Waals surface area contributed by atoms with Crippen molar-refractivity contribution in [2.75, 3.05) is 20.3 Å². The number of hydrogen-bond acceptors (Lipinski definition) is 3. The summed E-state index contributed by atoms with van der Waals surface area (Å²) >= 11 is 6.29.